The quantitative estimate of drug-likeness (QED) is 0.906. The second-order valence-corrected chi connectivity index (χ2v) is 5.99. The van der Waals surface area contributed by atoms with Crippen LogP contribution in [0.5, 0.6) is 0 Å². The smallest absolute Gasteiger partial charge is 0.251 e. The number of benzene rings is 1. The van der Waals surface area contributed by atoms with E-state index in [1.165, 1.54) is 0 Å². The highest BCUT2D eigenvalue weighted by Gasteiger charge is 2.10. The van der Waals surface area contributed by atoms with Crippen molar-refractivity contribution in [2.75, 3.05) is 6.26 Å². The van der Waals surface area contributed by atoms with Crippen LogP contribution in [0.3, 0.4) is 0 Å². The van der Waals surface area contributed by atoms with Crippen LogP contribution in [0.2, 0.25) is 0 Å². The van der Waals surface area contributed by atoms with E-state index in [0.717, 1.165) is 0 Å². The minimum absolute atomic E-state index is 0.00307. The molecule has 1 aromatic carbocycles. The lowest BCUT2D eigenvalue weighted by atomic mass is 10.2. The number of amides is 1. The van der Waals surface area contributed by atoms with Crippen LogP contribution in [-0.2, 0) is 17.3 Å². The van der Waals surface area contributed by atoms with Gasteiger partial charge in [0.15, 0.2) is 0 Å². The highest BCUT2D eigenvalue weighted by Crippen LogP contribution is 2.08. The third-order valence-electron chi connectivity index (χ3n) is 2.87. The summed E-state index contributed by atoms with van der Waals surface area (Å²) in [6.07, 6.45) is 6.89. The van der Waals surface area contributed by atoms with E-state index in [9.17, 15) is 9.00 Å². The fraction of sp³-hybridized carbons (Fsp3) is 0.286. The lowest BCUT2D eigenvalue weighted by molar-refractivity contribution is 0.0936. The first-order chi connectivity index (χ1) is 9.56. The van der Waals surface area contributed by atoms with Crippen molar-refractivity contribution in [3.8, 4) is 0 Å². The molecule has 106 valence electrons. The fourth-order valence-corrected chi connectivity index (χ4v) is 2.38. The van der Waals surface area contributed by atoms with Crippen LogP contribution in [0.4, 0.5) is 0 Å². The lowest BCUT2D eigenvalue weighted by Gasteiger charge is -2.14. The summed E-state index contributed by atoms with van der Waals surface area (Å²) in [5.41, 5.74) is 0.566. The van der Waals surface area contributed by atoms with Gasteiger partial charge in [-0.2, -0.15) is 0 Å². The molecule has 0 aliphatic rings. The van der Waals surface area contributed by atoms with Gasteiger partial charge in [0, 0.05) is 52.5 Å². The lowest BCUT2D eigenvalue weighted by Crippen LogP contribution is -2.35. The van der Waals surface area contributed by atoms with Crippen molar-refractivity contribution in [3.63, 3.8) is 0 Å². The predicted molar refractivity (Wildman–Crippen MR) is 77.9 cm³/mol. The molecule has 2 aromatic rings. The Balaban J connectivity index is 1.95. The summed E-state index contributed by atoms with van der Waals surface area (Å²) in [6.45, 7) is 2.61. The second-order valence-electron chi connectivity index (χ2n) is 4.61. The molecule has 2 rings (SSSR count). The van der Waals surface area contributed by atoms with Crippen molar-refractivity contribution >= 4 is 16.7 Å². The van der Waals surface area contributed by atoms with Crippen LogP contribution in [0.15, 0.2) is 47.9 Å². The Morgan fingerprint density at radius 1 is 1.40 bits per heavy atom. The molecule has 20 heavy (non-hydrogen) atoms. The SMILES string of the molecule is C[C@@H](Cn1ccnc1)NC(=O)c1ccc([S@](C)=O)cc1. The highest BCUT2D eigenvalue weighted by molar-refractivity contribution is 7.84. The summed E-state index contributed by atoms with van der Waals surface area (Å²) in [5.74, 6) is -0.133. The largest absolute Gasteiger partial charge is 0.348 e. The number of hydrogen-bond acceptors (Lipinski definition) is 3. The van der Waals surface area contributed by atoms with Gasteiger partial charge in [0.2, 0.25) is 0 Å². The summed E-state index contributed by atoms with van der Waals surface area (Å²) >= 11 is 0. The van der Waals surface area contributed by atoms with Crippen LogP contribution in [-0.4, -0.2) is 32.0 Å². The van der Waals surface area contributed by atoms with E-state index in [1.54, 1.807) is 43.0 Å². The minimum atomic E-state index is -1.03. The van der Waals surface area contributed by atoms with E-state index in [1.807, 2.05) is 17.7 Å². The van der Waals surface area contributed by atoms with Crippen LogP contribution in [0, 0.1) is 0 Å². The van der Waals surface area contributed by atoms with Crippen LogP contribution < -0.4 is 5.32 Å². The maximum atomic E-state index is 12.1. The molecule has 0 aliphatic carbocycles. The van der Waals surface area contributed by atoms with Gasteiger partial charge in [-0.05, 0) is 31.2 Å². The van der Waals surface area contributed by atoms with Gasteiger partial charge in [-0.15, -0.1) is 0 Å². The number of carbonyl (C=O) groups excluding carboxylic acids is 1. The van der Waals surface area contributed by atoms with E-state index >= 15 is 0 Å². The molecular formula is C14H17N3O2S. The molecular weight excluding hydrogens is 274 g/mol. The van der Waals surface area contributed by atoms with Gasteiger partial charge in [-0.1, -0.05) is 0 Å². The molecule has 2 atom stereocenters. The molecule has 0 saturated carbocycles. The van der Waals surface area contributed by atoms with E-state index in [4.69, 9.17) is 0 Å². The summed E-state index contributed by atoms with van der Waals surface area (Å²) in [4.78, 5) is 16.7. The standard InChI is InChI=1S/C14H17N3O2S/c1-11(9-17-8-7-15-10-17)16-14(18)12-3-5-13(6-4-12)20(2)19/h3-8,10-11H,9H2,1-2H3,(H,16,18)/t11-,20-/m0/s1. The highest BCUT2D eigenvalue weighted by atomic mass is 32.2. The zero-order valence-corrected chi connectivity index (χ0v) is 12.3. The summed E-state index contributed by atoms with van der Waals surface area (Å²) in [5, 5.41) is 2.92. The first-order valence-corrected chi connectivity index (χ1v) is 7.82. The molecule has 0 radical (unpaired) electrons. The zero-order chi connectivity index (χ0) is 14.5. The molecule has 1 heterocycles. The average Bonchev–Trinajstić information content (AvgIpc) is 2.91. The van der Waals surface area contributed by atoms with Gasteiger partial charge in [-0.25, -0.2) is 4.98 Å². The van der Waals surface area contributed by atoms with Gasteiger partial charge in [0.1, 0.15) is 0 Å². The van der Waals surface area contributed by atoms with Gasteiger partial charge >= 0.3 is 0 Å². The maximum Gasteiger partial charge on any atom is 0.251 e. The van der Waals surface area contributed by atoms with Gasteiger partial charge < -0.3 is 9.88 Å². The molecule has 0 saturated heterocycles. The maximum absolute atomic E-state index is 12.1. The van der Waals surface area contributed by atoms with Crippen molar-refractivity contribution in [1.82, 2.24) is 14.9 Å². The third kappa shape index (κ3) is 3.77. The third-order valence-corrected chi connectivity index (χ3v) is 3.81. The van der Waals surface area contributed by atoms with Crippen molar-refractivity contribution in [1.29, 1.82) is 0 Å². The predicted octanol–water partition coefficient (Wildman–Crippen LogP) is 1.44. The Hall–Kier alpha value is -1.95. The number of carbonyl (C=O) groups is 1. The zero-order valence-electron chi connectivity index (χ0n) is 11.4. The minimum Gasteiger partial charge on any atom is -0.348 e. The summed E-state index contributed by atoms with van der Waals surface area (Å²) < 4.78 is 13.2. The Morgan fingerprint density at radius 2 is 2.10 bits per heavy atom. The number of aromatic nitrogens is 2. The van der Waals surface area contributed by atoms with Crippen LogP contribution in [0.25, 0.3) is 0 Å². The Kier molecular flexibility index (Phi) is 4.68. The number of nitrogens with one attached hydrogen (secondary N) is 1. The molecule has 1 aromatic heterocycles. The molecule has 0 spiro atoms. The monoisotopic (exact) mass is 291 g/mol. The molecule has 0 aliphatic heterocycles. The first-order valence-electron chi connectivity index (χ1n) is 6.26. The Labute approximate surface area is 120 Å². The molecule has 0 unspecified atom stereocenters. The number of hydrogen-bond donors (Lipinski definition) is 1. The Morgan fingerprint density at radius 3 is 2.65 bits per heavy atom. The first kappa shape index (κ1) is 14.5. The summed E-state index contributed by atoms with van der Waals surface area (Å²) in [7, 11) is -1.03. The topological polar surface area (TPSA) is 64.0 Å². The van der Waals surface area contributed by atoms with Gasteiger partial charge in [0.25, 0.3) is 5.91 Å². The molecule has 1 amide bonds. The van der Waals surface area contributed by atoms with E-state index in [0.29, 0.717) is 17.0 Å². The van der Waals surface area contributed by atoms with Crippen molar-refractivity contribution in [3.05, 3.63) is 48.5 Å². The number of imidazole rings is 1. The van der Waals surface area contributed by atoms with Crippen molar-refractivity contribution < 1.29 is 9.00 Å². The van der Waals surface area contributed by atoms with Crippen molar-refractivity contribution in [2.45, 2.75) is 24.4 Å². The number of nitrogens with zero attached hydrogens (tertiary/aromatic N) is 2. The molecule has 6 heteroatoms. The number of rotatable bonds is 5. The van der Waals surface area contributed by atoms with Crippen LogP contribution in [0.1, 0.15) is 17.3 Å². The molecule has 5 nitrogen and oxygen atoms in total. The van der Waals surface area contributed by atoms with Crippen molar-refractivity contribution in [2.24, 2.45) is 0 Å². The van der Waals surface area contributed by atoms with Gasteiger partial charge in [0.05, 0.1) is 6.33 Å². The summed E-state index contributed by atoms with van der Waals surface area (Å²) in [6, 6.07) is 6.81. The van der Waals surface area contributed by atoms with E-state index in [2.05, 4.69) is 10.3 Å². The molecule has 1 N–H and O–H groups in total. The fourth-order valence-electron chi connectivity index (χ4n) is 1.86. The average molecular weight is 291 g/mol. The van der Waals surface area contributed by atoms with Crippen LogP contribution >= 0.6 is 0 Å². The molecule has 0 fully saturated rings. The van der Waals surface area contributed by atoms with Gasteiger partial charge in [-0.3, -0.25) is 9.00 Å². The molecule has 0 bridgehead atoms. The normalized spacial score (nSPS) is 13.7. The van der Waals surface area contributed by atoms with E-state index < -0.39 is 10.8 Å². The van der Waals surface area contributed by atoms with E-state index in [-0.39, 0.29) is 11.9 Å². The second kappa shape index (κ2) is 6.47. The Bertz CT molecular complexity index is 593.